The van der Waals surface area contributed by atoms with Crippen LogP contribution < -0.4 is 20.1 Å². The first-order chi connectivity index (χ1) is 15.1. The number of ether oxygens (including phenoxy) is 2. The van der Waals surface area contributed by atoms with E-state index in [2.05, 4.69) is 10.6 Å². The van der Waals surface area contributed by atoms with Gasteiger partial charge >= 0.3 is 0 Å². The lowest BCUT2D eigenvalue weighted by atomic mass is 10.0. The average Bonchev–Trinajstić information content (AvgIpc) is 2.73. The molecule has 1 atom stereocenters. The van der Waals surface area contributed by atoms with Gasteiger partial charge in [0.2, 0.25) is 11.8 Å². The minimum absolute atomic E-state index is 0.0433. The van der Waals surface area contributed by atoms with Crippen molar-refractivity contribution >= 4 is 33.0 Å². The van der Waals surface area contributed by atoms with E-state index in [1.807, 2.05) is 26.0 Å². The largest absolute Gasteiger partial charge is 0.493 e. The molecule has 0 fully saturated rings. The average molecular weight is 463 g/mol. The molecular weight excluding hydrogens is 432 g/mol. The normalized spacial score (nSPS) is 12.2. The van der Waals surface area contributed by atoms with Crippen molar-refractivity contribution in [3.8, 4) is 11.5 Å². The highest BCUT2D eigenvalue weighted by Crippen LogP contribution is 2.30. The fourth-order valence-corrected chi connectivity index (χ4v) is 4.86. The first-order valence-corrected chi connectivity index (χ1v) is 12.0. The number of hydrogen-bond acceptors (Lipinski definition) is 6. The van der Waals surface area contributed by atoms with E-state index in [4.69, 9.17) is 9.47 Å². The van der Waals surface area contributed by atoms with Crippen LogP contribution in [0.1, 0.15) is 38.7 Å². The molecule has 2 aromatic carbocycles. The zero-order valence-corrected chi connectivity index (χ0v) is 19.8. The number of anilines is 2. The highest BCUT2D eigenvalue weighted by atomic mass is 32.2. The van der Waals surface area contributed by atoms with E-state index >= 15 is 0 Å². The van der Waals surface area contributed by atoms with Crippen molar-refractivity contribution in [2.75, 3.05) is 30.6 Å². The number of rotatable bonds is 10. The number of amides is 2. The van der Waals surface area contributed by atoms with Gasteiger partial charge in [-0.15, -0.1) is 0 Å². The van der Waals surface area contributed by atoms with E-state index in [-0.39, 0.29) is 12.3 Å². The minimum atomic E-state index is -4.05. The van der Waals surface area contributed by atoms with Crippen molar-refractivity contribution in [3.05, 3.63) is 48.0 Å². The summed E-state index contributed by atoms with van der Waals surface area (Å²) in [4.78, 5) is 25.2. The smallest absolute Gasteiger partial charge is 0.242 e. The lowest BCUT2D eigenvalue weighted by Gasteiger charge is -2.18. The molecular formula is C23H30N2O6S. The number of carbonyl (C=O) groups is 2. The van der Waals surface area contributed by atoms with E-state index in [0.29, 0.717) is 22.9 Å². The number of carbonyl (C=O) groups excluding carboxylic acids is 2. The van der Waals surface area contributed by atoms with Crippen LogP contribution in [-0.2, 0) is 19.4 Å². The summed E-state index contributed by atoms with van der Waals surface area (Å²) in [6.45, 7) is 5.57. The van der Waals surface area contributed by atoms with Gasteiger partial charge in [-0.1, -0.05) is 39.0 Å². The molecule has 32 heavy (non-hydrogen) atoms. The second-order valence-corrected chi connectivity index (χ2v) is 9.74. The molecule has 0 aromatic heterocycles. The molecule has 8 nitrogen and oxygen atoms in total. The van der Waals surface area contributed by atoms with Gasteiger partial charge in [0.15, 0.2) is 21.3 Å². The maximum absolute atomic E-state index is 12.9. The second-order valence-electron chi connectivity index (χ2n) is 7.55. The Morgan fingerprint density at radius 2 is 1.62 bits per heavy atom. The van der Waals surface area contributed by atoms with Crippen LogP contribution in [-0.4, -0.2) is 45.5 Å². The number of para-hydroxylation sites is 1. The van der Waals surface area contributed by atoms with Crippen molar-refractivity contribution in [2.24, 2.45) is 0 Å². The monoisotopic (exact) mass is 462 g/mol. The van der Waals surface area contributed by atoms with Crippen molar-refractivity contribution in [3.63, 3.8) is 0 Å². The molecule has 2 N–H and O–H groups in total. The Morgan fingerprint density at radius 3 is 2.22 bits per heavy atom. The van der Waals surface area contributed by atoms with E-state index in [1.54, 1.807) is 31.2 Å². The molecule has 0 bridgehead atoms. The Kier molecular flexibility index (Phi) is 8.65. The quantitative estimate of drug-likeness (QED) is 0.558. The molecule has 0 heterocycles. The van der Waals surface area contributed by atoms with Gasteiger partial charge in [0.1, 0.15) is 11.0 Å². The van der Waals surface area contributed by atoms with Crippen LogP contribution >= 0.6 is 0 Å². The van der Waals surface area contributed by atoms with Gasteiger partial charge in [-0.25, -0.2) is 8.42 Å². The number of hydrogen-bond donors (Lipinski definition) is 2. The van der Waals surface area contributed by atoms with Crippen molar-refractivity contribution in [1.82, 2.24) is 0 Å². The van der Waals surface area contributed by atoms with Gasteiger partial charge < -0.3 is 20.1 Å². The molecule has 9 heteroatoms. The zero-order chi connectivity index (χ0) is 23.9. The summed E-state index contributed by atoms with van der Waals surface area (Å²) in [5.41, 5.74) is 1.82. The summed E-state index contributed by atoms with van der Waals surface area (Å²) in [6.07, 6.45) is 0.0433. The topological polar surface area (TPSA) is 111 Å². The number of methoxy groups -OCH3 is 2. The molecule has 174 valence electrons. The Morgan fingerprint density at radius 1 is 0.969 bits per heavy atom. The molecule has 0 aliphatic rings. The third-order valence-electron chi connectivity index (χ3n) is 4.94. The van der Waals surface area contributed by atoms with E-state index < -0.39 is 32.7 Å². The maximum Gasteiger partial charge on any atom is 0.242 e. The molecule has 0 aliphatic heterocycles. The Balaban J connectivity index is 2.13. The van der Waals surface area contributed by atoms with Crippen molar-refractivity contribution < 1.29 is 27.5 Å². The van der Waals surface area contributed by atoms with E-state index in [9.17, 15) is 18.0 Å². The van der Waals surface area contributed by atoms with E-state index in [0.717, 1.165) is 5.56 Å². The molecule has 2 aromatic rings. The van der Waals surface area contributed by atoms with Gasteiger partial charge in [-0.2, -0.15) is 0 Å². The first-order valence-electron chi connectivity index (χ1n) is 10.3. The van der Waals surface area contributed by atoms with E-state index in [1.165, 1.54) is 20.3 Å². The maximum atomic E-state index is 12.9. The SMILES string of the molecule is CCC(C(=O)Nc1ccccc1C(C)C)S(=O)(=O)CC(=O)Nc1ccc(OC)c(OC)c1. The van der Waals surface area contributed by atoms with Gasteiger partial charge in [0.05, 0.1) is 14.2 Å². The van der Waals surface area contributed by atoms with Crippen LogP contribution in [0.15, 0.2) is 42.5 Å². The summed E-state index contributed by atoms with van der Waals surface area (Å²) in [5.74, 6) is -1.20. The predicted octanol–water partition coefficient (Wildman–Crippen LogP) is 3.60. The van der Waals surface area contributed by atoms with Gasteiger partial charge in [0, 0.05) is 17.4 Å². The Bertz CT molecular complexity index is 1070. The first kappa shape index (κ1) is 25.2. The molecule has 0 radical (unpaired) electrons. The molecule has 2 rings (SSSR count). The van der Waals surface area contributed by atoms with Gasteiger partial charge in [-0.3, -0.25) is 9.59 Å². The number of benzene rings is 2. The molecule has 1 unspecified atom stereocenters. The second kappa shape index (κ2) is 11.0. The van der Waals surface area contributed by atoms with Crippen LogP contribution in [0.5, 0.6) is 11.5 Å². The summed E-state index contributed by atoms with van der Waals surface area (Å²) in [6, 6.07) is 11.9. The predicted molar refractivity (Wildman–Crippen MR) is 125 cm³/mol. The lowest BCUT2D eigenvalue weighted by Crippen LogP contribution is -2.39. The van der Waals surface area contributed by atoms with Crippen LogP contribution in [0.3, 0.4) is 0 Å². The molecule has 0 saturated carbocycles. The van der Waals surface area contributed by atoms with Crippen molar-refractivity contribution in [2.45, 2.75) is 38.4 Å². The molecule has 0 saturated heterocycles. The number of sulfone groups is 1. The van der Waals surface area contributed by atoms with Crippen LogP contribution in [0.25, 0.3) is 0 Å². The Hall–Kier alpha value is -3.07. The van der Waals surface area contributed by atoms with Crippen LogP contribution in [0, 0.1) is 0 Å². The standard InChI is InChI=1S/C23H30N2O6S/c1-6-21(23(27)25-18-10-8-7-9-17(18)15(2)3)32(28,29)14-22(26)24-16-11-12-19(30-4)20(13-16)31-5/h7-13,15,21H,6,14H2,1-5H3,(H,24,26)(H,25,27). The summed E-state index contributed by atoms with van der Waals surface area (Å²) in [5, 5.41) is 3.90. The highest BCUT2D eigenvalue weighted by Gasteiger charge is 2.33. The Labute approximate surface area is 189 Å². The zero-order valence-electron chi connectivity index (χ0n) is 19.0. The third kappa shape index (κ3) is 6.23. The fraction of sp³-hybridized carbons (Fsp3) is 0.391. The van der Waals surface area contributed by atoms with Crippen LogP contribution in [0.4, 0.5) is 11.4 Å². The summed E-state index contributed by atoms with van der Waals surface area (Å²) < 4.78 is 36.1. The van der Waals surface area contributed by atoms with Gasteiger partial charge in [0.25, 0.3) is 0 Å². The lowest BCUT2D eigenvalue weighted by molar-refractivity contribution is -0.115. The minimum Gasteiger partial charge on any atom is -0.493 e. The van der Waals surface area contributed by atoms with Gasteiger partial charge in [-0.05, 0) is 36.1 Å². The summed E-state index contributed by atoms with van der Waals surface area (Å²) >= 11 is 0. The molecule has 2 amide bonds. The fourth-order valence-electron chi connectivity index (χ4n) is 3.32. The molecule has 0 spiro atoms. The highest BCUT2D eigenvalue weighted by molar-refractivity contribution is 7.93. The van der Waals surface area contributed by atoms with Crippen LogP contribution in [0.2, 0.25) is 0 Å². The third-order valence-corrected chi connectivity index (χ3v) is 7.02. The van der Waals surface area contributed by atoms with Crippen molar-refractivity contribution in [1.29, 1.82) is 0 Å². The summed E-state index contributed by atoms with van der Waals surface area (Å²) in [7, 11) is -1.11. The molecule has 0 aliphatic carbocycles. The number of nitrogens with one attached hydrogen (secondary N) is 2.